The fourth-order valence-corrected chi connectivity index (χ4v) is 9.50. The Morgan fingerprint density at radius 3 is 0.760 bits per heavy atom. The first kappa shape index (κ1) is 72.1. The zero-order valence-corrected chi connectivity index (χ0v) is 50.1. The summed E-state index contributed by atoms with van der Waals surface area (Å²) in [4.78, 5) is 38.3. The van der Waals surface area contributed by atoms with Crippen molar-refractivity contribution in [3.8, 4) is 0 Å². The molecule has 0 aliphatic carbocycles. The summed E-state index contributed by atoms with van der Waals surface area (Å²) in [5.41, 5.74) is 0. The molecule has 0 radical (unpaired) electrons. The van der Waals surface area contributed by atoms with Crippen LogP contribution in [-0.4, -0.2) is 37.2 Å². The van der Waals surface area contributed by atoms with Gasteiger partial charge >= 0.3 is 17.9 Å². The van der Waals surface area contributed by atoms with Crippen LogP contribution in [0.3, 0.4) is 0 Å². The van der Waals surface area contributed by atoms with E-state index < -0.39 is 6.10 Å². The molecule has 1 atom stereocenters. The zero-order chi connectivity index (χ0) is 54.3. The minimum Gasteiger partial charge on any atom is -0.462 e. The van der Waals surface area contributed by atoms with Gasteiger partial charge in [0.1, 0.15) is 13.2 Å². The second-order valence-corrected chi connectivity index (χ2v) is 22.0. The molecule has 75 heavy (non-hydrogen) atoms. The Morgan fingerprint density at radius 2 is 0.480 bits per heavy atom. The van der Waals surface area contributed by atoms with Crippen LogP contribution in [0.2, 0.25) is 0 Å². The van der Waals surface area contributed by atoms with Crippen molar-refractivity contribution in [3.63, 3.8) is 0 Å². The molecule has 0 aliphatic rings. The predicted octanol–water partition coefficient (Wildman–Crippen LogP) is 22.3. The van der Waals surface area contributed by atoms with Crippen LogP contribution in [-0.2, 0) is 28.6 Å². The third-order valence-corrected chi connectivity index (χ3v) is 14.5. The lowest BCUT2D eigenvalue weighted by Crippen LogP contribution is -2.30. The quantitative estimate of drug-likeness (QED) is 0.0261. The Balaban J connectivity index is 4.32. The molecule has 0 rings (SSSR count). The first-order valence-electron chi connectivity index (χ1n) is 32.8. The summed E-state index contributed by atoms with van der Waals surface area (Å²) in [5.74, 6) is -0.878. The Labute approximate surface area is 466 Å². The van der Waals surface area contributed by atoms with Crippen molar-refractivity contribution >= 4 is 17.9 Å². The molecule has 0 aliphatic heterocycles. The van der Waals surface area contributed by atoms with Gasteiger partial charge in [-0.3, -0.25) is 14.4 Å². The summed E-state index contributed by atoms with van der Waals surface area (Å²) in [7, 11) is 0. The van der Waals surface area contributed by atoms with Crippen LogP contribution in [0.15, 0.2) is 60.8 Å². The van der Waals surface area contributed by atoms with Crippen molar-refractivity contribution in [2.24, 2.45) is 0 Å². The molecule has 0 bridgehead atoms. The van der Waals surface area contributed by atoms with E-state index >= 15 is 0 Å². The number of carbonyl (C=O) groups is 3. The van der Waals surface area contributed by atoms with Crippen LogP contribution in [0, 0.1) is 0 Å². The highest BCUT2D eigenvalue weighted by molar-refractivity contribution is 5.71. The van der Waals surface area contributed by atoms with Gasteiger partial charge in [0.15, 0.2) is 6.10 Å². The second-order valence-electron chi connectivity index (χ2n) is 22.0. The molecule has 436 valence electrons. The lowest BCUT2D eigenvalue weighted by atomic mass is 10.1. The first-order valence-corrected chi connectivity index (χ1v) is 32.8. The second kappa shape index (κ2) is 63.6. The van der Waals surface area contributed by atoms with E-state index in [2.05, 4.69) is 81.5 Å². The summed E-state index contributed by atoms with van der Waals surface area (Å²) in [5, 5.41) is 0. The van der Waals surface area contributed by atoms with Gasteiger partial charge in [-0.1, -0.05) is 274 Å². The van der Waals surface area contributed by atoms with Crippen molar-refractivity contribution in [2.75, 3.05) is 13.2 Å². The maximum atomic E-state index is 12.9. The van der Waals surface area contributed by atoms with Gasteiger partial charge in [0.2, 0.25) is 0 Å². The molecule has 6 nitrogen and oxygen atoms in total. The van der Waals surface area contributed by atoms with E-state index in [4.69, 9.17) is 14.2 Å². The van der Waals surface area contributed by atoms with Gasteiger partial charge < -0.3 is 14.2 Å². The number of hydrogen-bond donors (Lipinski definition) is 0. The highest BCUT2D eigenvalue weighted by Crippen LogP contribution is 2.16. The summed E-state index contributed by atoms with van der Waals surface area (Å²) in [6, 6.07) is 0. The van der Waals surface area contributed by atoms with Gasteiger partial charge in [0, 0.05) is 19.3 Å². The van der Waals surface area contributed by atoms with E-state index in [0.29, 0.717) is 19.3 Å². The maximum absolute atomic E-state index is 12.9. The molecule has 0 aromatic rings. The predicted molar refractivity (Wildman–Crippen MR) is 325 cm³/mol. The number of ether oxygens (including phenoxy) is 3. The molecule has 0 amide bonds. The molecule has 1 unspecified atom stereocenters. The smallest absolute Gasteiger partial charge is 0.306 e. The molecular formula is C69H124O6. The van der Waals surface area contributed by atoms with Crippen LogP contribution in [0.25, 0.3) is 0 Å². The molecule has 0 spiro atoms. The Morgan fingerprint density at radius 1 is 0.267 bits per heavy atom. The van der Waals surface area contributed by atoms with Crippen LogP contribution >= 0.6 is 0 Å². The number of rotatable bonds is 60. The van der Waals surface area contributed by atoms with Crippen LogP contribution in [0.1, 0.15) is 342 Å². The molecule has 0 aromatic heterocycles. The SMILES string of the molecule is CCCCCCC/C=C\C/C=C\C/C=C\CCCCCCCCCCCCC(=O)OCC(COC(=O)CCCCCCC/C=C\CCCCCCC)OC(=O)CCCCCCCCC/C=C\CCCCCCCCC. The Kier molecular flexibility index (Phi) is 61.2. The zero-order valence-electron chi connectivity index (χ0n) is 50.1. The van der Waals surface area contributed by atoms with Crippen molar-refractivity contribution in [3.05, 3.63) is 60.8 Å². The highest BCUT2D eigenvalue weighted by Gasteiger charge is 2.19. The van der Waals surface area contributed by atoms with Crippen LogP contribution in [0.4, 0.5) is 0 Å². The number of unbranched alkanes of at least 4 members (excludes halogenated alkanes) is 39. The standard InChI is InChI=1S/C69H124O6/c1-4-7-10-13-16-19-22-25-28-30-32-33-34-35-36-37-38-40-41-44-47-50-53-56-59-62-68(71)74-65-66(64-73-67(70)61-58-55-52-49-46-43-27-24-21-18-15-12-9-6-3)75-69(72)63-60-57-54-51-48-45-42-39-31-29-26-23-20-17-14-11-8-5-2/h22,24-25,27,29-32,34-35,66H,4-21,23,26,28,33,36-65H2,1-3H3/b25-22-,27-24-,31-29-,32-30-,35-34-. The molecule has 0 heterocycles. The van der Waals surface area contributed by atoms with Crippen LogP contribution in [0.5, 0.6) is 0 Å². The first-order chi connectivity index (χ1) is 37.0. The molecule has 0 aromatic carbocycles. The van der Waals surface area contributed by atoms with Gasteiger partial charge in [-0.05, 0) is 109 Å². The molecule has 0 N–H and O–H groups in total. The number of esters is 3. The molecule has 0 fully saturated rings. The molecule has 0 saturated heterocycles. The molecule has 0 saturated carbocycles. The van der Waals surface area contributed by atoms with Gasteiger partial charge in [-0.15, -0.1) is 0 Å². The minimum absolute atomic E-state index is 0.0788. The Hall–Kier alpha value is -2.89. The van der Waals surface area contributed by atoms with Crippen molar-refractivity contribution < 1.29 is 28.6 Å². The van der Waals surface area contributed by atoms with Gasteiger partial charge in [-0.2, -0.15) is 0 Å². The summed E-state index contributed by atoms with van der Waals surface area (Å²) >= 11 is 0. The van der Waals surface area contributed by atoms with Crippen molar-refractivity contribution in [1.82, 2.24) is 0 Å². The average molecular weight is 1050 g/mol. The maximum Gasteiger partial charge on any atom is 0.306 e. The Bertz CT molecular complexity index is 1340. The van der Waals surface area contributed by atoms with E-state index in [0.717, 1.165) is 77.0 Å². The topological polar surface area (TPSA) is 78.9 Å². The largest absolute Gasteiger partial charge is 0.462 e. The van der Waals surface area contributed by atoms with Crippen LogP contribution < -0.4 is 0 Å². The normalized spacial score (nSPS) is 12.4. The fourth-order valence-electron chi connectivity index (χ4n) is 9.50. The van der Waals surface area contributed by atoms with Crippen molar-refractivity contribution in [2.45, 2.75) is 348 Å². The van der Waals surface area contributed by atoms with E-state index in [9.17, 15) is 14.4 Å². The lowest BCUT2D eigenvalue weighted by Gasteiger charge is -2.18. The lowest BCUT2D eigenvalue weighted by molar-refractivity contribution is -0.167. The monoisotopic (exact) mass is 1050 g/mol. The van der Waals surface area contributed by atoms with Gasteiger partial charge in [0.25, 0.3) is 0 Å². The van der Waals surface area contributed by atoms with E-state index in [-0.39, 0.29) is 31.1 Å². The highest BCUT2D eigenvalue weighted by atomic mass is 16.6. The summed E-state index contributed by atoms with van der Waals surface area (Å²) in [6.45, 7) is 6.65. The summed E-state index contributed by atoms with van der Waals surface area (Å²) in [6.07, 6.45) is 80.8. The number of hydrogen-bond acceptors (Lipinski definition) is 6. The van der Waals surface area contributed by atoms with E-state index in [1.54, 1.807) is 0 Å². The van der Waals surface area contributed by atoms with Crippen molar-refractivity contribution in [1.29, 1.82) is 0 Å². The molecular weight excluding hydrogens is 925 g/mol. The van der Waals surface area contributed by atoms with Gasteiger partial charge in [-0.25, -0.2) is 0 Å². The summed E-state index contributed by atoms with van der Waals surface area (Å²) < 4.78 is 16.9. The van der Waals surface area contributed by atoms with E-state index in [1.165, 1.54) is 225 Å². The molecule has 6 heteroatoms. The fraction of sp³-hybridized carbons (Fsp3) is 0.812. The number of carbonyl (C=O) groups excluding carboxylic acids is 3. The van der Waals surface area contributed by atoms with Gasteiger partial charge in [0.05, 0.1) is 0 Å². The third-order valence-electron chi connectivity index (χ3n) is 14.5. The average Bonchev–Trinajstić information content (AvgIpc) is 3.41. The third kappa shape index (κ3) is 61.8. The number of allylic oxidation sites excluding steroid dienone is 10. The van der Waals surface area contributed by atoms with E-state index in [1.807, 2.05) is 0 Å². The minimum atomic E-state index is -0.782.